The minimum Gasteiger partial charge on any atom is -0.319 e. The zero-order chi connectivity index (χ0) is 26.8. The fourth-order valence-corrected chi connectivity index (χ4v) is 1.88. The van der Waals surface area contributed by atoms with Crippen LogP contribution in [0.5, 0.6) is 0 Å². The molecule has 0 spiro atoms. The molecule has 0 atom stereocenters. The van der Waals surface area contributed by atoms with Gasteiger partial charge in [0.2, 0.25) is 0 Å². The molecule has 0 amide bonds. The molecule has 0 bridgehead atoms. The molecule has 0 saturated carbocycles. The van der Waals surface area contributed by atoms with E-state index < -0.39 is 82.2 Å². The highest BCUT2D eigenvalue weighted by Gasteiger charge is 2.93. The SMILES string of the molecule is Fc1cc(NC(F)(F)C(F)(F)C(F)(F)C(F)(F)C(F)(F)C(F)(F)C(F)(F)F)c(F)c(F)c1F. The lowest BCUT2D eigenvalue weighted by molar-refractivity contribution is -0.450. The minimum atomic E-state index is -8.61. The van der Waals surface area contributed by atoms with E-state index in [1.165, 1.54) is 0 Å². The maximum absolute atomic E-state index is 13.5. The third-order valence-corrected chi connectivity index (χ3v) is 3.72. The average molecular weight is 533 g/mol. The van der Waals surface area contributed by atoms with Crippen molar-refractivity contribution >= 4 is 5.69 Å². The van der Waals surface area contributed by atoms with E-state index in [0.29, 0.717) is 0 Å². The van der Waals surface area contributed by atoms with Crippen molar-refractivity contribution in [3.63, 3.8) is 0 Å². The number of hydrogen-bond donors (Lipinski definition) is 1. The lowest BCUT2D eigenvalue weighted by atomic mass is 9.93. The molecular formula is C13H2F19N. The van der Waals surface area contributed by atoms with Crippen molar-refractivity contribution in [3.8, 4) is 0 Å². The number of nitrogens with one attached hydrogen (secondary N) is 1. The van der Waals surface area contributed by atoms with Gasteiger partial charge in [-0.3, -0.25) is 0 Å². The van der Waals surface area contributed by atoms with Crippen LogP contribution in [0.15, 0.2) is 6.07 Å². The van der Waals surface area contributed by atoms with Gasteiger partial charge in [0.05, 0.1) is 5.69 Å². The van der Waals surface area contributed by atoms with E-state index in [1.807, 2.05) is 0 Å². The Kier molecular flexibility index (Phi) is 6.62. The Bertz CT molecular complexity index is 898. The van der Waals surface area contributed by atoms with Gasteiger partial charge in [0.1, 0.15) is 0 Å². The van der Waals surface area contributed by atoms with Crippen LogP contribution >= 0.6 is 0 Å². The molecule has 0 saturated heterocycles. The van der Waals surface area contributed by atoms with Gasteiger partial charge >= 0.3 is 41.8 Å². The van der Waals surface area contributed by atoms with Crippen LogP contribution < -0.4 is 5.32 Å². The first kappa shape index (κ1) is 28.7. The molecule has 1 rings (SSSR count). The first-order chi connectivity index (χ1) is 14.2. The number of alkyl halides is 15. The summed E-state index contributed by atoms with van der Waals surface area (Å²) in [6.07, 6.45) is -7.79. The average Bonchev–Trinajstić information content (AvgIpc) is 2.62. The molecule has 20 heteroatoms. The molecule has 0 unspecified atom stereocenters. The van der Waals surface area contributed by atoms with Crippen LogP contribution in [0.25, 0.3) is 0 Å². The number of benzene rings is 1. The van der Waals surface area contributed by atoms with Gasteiger partial charge in [0, 0.05) is 6.07 Å². The highest BCUT2D eigenvalue weighted by Crippen LogP contribution is 2.62. The summed E-state index contributed by atoms with van der Waals surface area (Å²) in [6.45, 7) is 0. The van der Waals surface area contributed by atoms with Gasteiger partial charge < -0.3 is 5.32 Å². The molecule has 192 valence electrons. The molecule has 1 aromatic carbocycles. The van der Waals surface area contributed by atoms with Crippen LogP contribution in [0.3, 0.4) is 0 Å². The van der Waals surface area contributed by atoms with E-state index in [1.54, 1.807) is 0 Å². The molecular weight excluding hydrogens is 531 g/mol. The highest BCUT2D eigenvalue weighted by atomic mass is 19.4. The van der Waals surface area contributed by atoms with Gasteiger partial charge in [0.25, 0.3) is 0 Å². The molecule has 1 aromatic rings. The summed E-state index contributed by atoms with van der Waals surface area (Å²) in [5.74, 6) is -53.5. The third-order valence-electron chi connectivity index (χ3n) is 3.72. The Hall–Kier alpha value is -2.31. The second-order valence-electron chi connectivity index (χ2n) is 5.92. The van der Waals surface area contributed by atoms with Crippen LogP contribution in [0.1, 0.15) is 0 Å². The van der Waals surface area contributed by atoms with Crippen LogP contribution in [-0.4, -0.2) is 41.8 Å². The van der Waals surface area contributed by atoms with Crippen molar-refractivity contribution in [3.05, 3.63) is 29.3 Å². The van der Waals surface area contributed by atoms with E-state index in [0.717, 1.165) is 0 Å². The number of halogens is 19. The molecule has 0 aliphatic rings. The molecule has 1 nitrogen and oxygen atoms in total. The Labute approximate surface area is 167 Å². The monoisotopic (exact) mass is 533 g/mol. The van der Waals surface area contributed by atoms with Crippen molar-refractivity contribution in [2.24, 2.45) is 0 Å². The largest absolute Gasteiger partial charge is 0.460 e. The maximum Gasteiger partial charge on any atom is 0.460 e. The zero-order valence-corrected chi connectivity index (χ0v) is 14.3. The fraction of sp³-hybridized carbons (Fsp3) is 0.538. The predicted octanol–water partition coefficient (Wildman–Crippen LogP) is 6.99. The summed E-state index contributed by atoms with van der Waals surface area (Å²) >= 11 is 0. The van der Waals surface area contributed by atoms with Crippen molar-refractivity contribution < 1.29 is 83.4 Å². The third kappa shape index (κ3) is 3.87. The molecule has 0 heterocycles. The van der Waals surface area contributed by atoms with Gasteiger partial charge in [-0.05, 0) is 0 Å². The Morgan fingerprint density at radius 3 is 1.21 bits per heavy atom. The van der Waals surface area contributed by atoms with Crippen LogP contribution in [0.4, 0.5) is 89.1 Å². The van der Waals surface area contributed by atoms with E-state index in [2.05, 4.69) is 0 Å². The Balaban J connectivity index is 3.62. The summed E-state index contributed by atoms with van der Waals surface area (Å²) < 4.78 is 246. The first-order valence-corrected chi connectivity index (χ1v) is 7.17. The van der Waals surface area contributed by atoms with Crippen molar-refractivity contribution in [1.82, 2.24) is 0 Å². The van der Waals surface area contributed by atoms with Gasteiger partial charge in [-0.2, -0.15) is 65.9 Å². The minimum absolute atomic E-state index is 0.539. The molecule has 1 N–H and O–H groups in total. The van der Waals surface area contributed by atoms with Crippen molar-refractivity contribution in [1.29, 1.82) is 0 Å². The molecule has 0 fully saturated rings. The Morgan fingerprint density at radius 2 is 0.818 bits per heavy atom. The van der Waals surface area contributed by atoms with Crippen LogP contribution in [-0.2, 0) is 0 Å². The van der Waals surface area contributed by atoms with Crippen LogP contribution in [0, 0.1) is 23.3 Å². The topological polar surface area (TPSA) is 12.0 Å². The number of hydrogen-bond acceptors (Lipinski definition) is 1. The molecule has 0 radical (unpaired) electrons. The fourth-order valence-electron chi connectivity index (χ4n) is 1.88. The molecule has 0 aliphatic heterocycles. The standard InChI is InChI=1S/C13H2F19N/c14-2-1-3(5(16)6(17)4(2)15)33-13(31,32)11(26,27)9(22,23)7(18,19)8(20,21)10(24,25)12(28,29)30/h1,33H. The summed E-state index contributed by atoms with van der Waals surface area (Å²) in [7, 11) is 0. The maximum atomic E-state index is 13.5. The summed E-state index contributed by atoms with van der Waals surface area (Å²) in [5.41, 5.74) is -2.71. The first-order valence-electron chi connectivity index (χ1n) is 7.17. The van der Waals surface area contributed by atoms with Gasteiger partial charge in [-0.1, -0.05) is 0 Å². The zero-order valence-electron chi connectivity index (χ0n) is 14.3. The second kappa shape index (κ2) is 7.60. The number of rotatable bonds is 7. The summed E-state index contributed by atoms with van der Waals surface area (Å²) in [4.78, 5) is 0. The highest BCUT2D eigenvalue weighted by molar-refractivity contribution is 5.48. The lowest BCUT2D eigenvalue weighted by Gasteiger charge is -2.41. The number of anilines is 1. The van der Waals surface area contributed by atoms with Crippen molar-refractivity contribution in [2.45, 2.75) is 41.8 Å². The van der Waals surface area contributed by atoms with Gasteiger partial charge in [0.15, 0.2) is 23.3 Å². The summed E-state index contributed by atoms with van der Waals surface area (Å²) in [5, 5.41) is -0.539. The van der Waals surface area contributed by atoms with Crippen LogP contribution in [0.2, 0.25) is 0 Å². The second-order valence-corrected chi connectivity index (χ2v) is 5.92. The molecule has 33 heavy (non-hydrogen) atoms. The predicted molar refractivity (Wildman–Crippen MR) is 65.6 cm³/mol. The van der Waals surface area contributed by atoms with Crippen molar-refractivity contribution in [2.75, 3.05) is 5.32 Å². The Morgan fingerprint density at radius 1 is 0.455 bits per heavy atom. The summed E-state index contributed by atoms with van der Waals surface area (Å²) in [6, 6.07) is -8.21. The quantitative estimate of drug-likeness (QED) is 0.173. The normalized spacial score (nSPS) is 15.1. The van der Waals surface area contributed by atoms with E-state index in [4.69, 9.17) is 0 Å². The molecule has 0 aliphatic carbocycles. The lowest BCUT2D eigenvalue weighted by Crippen LogP contribution is -2.73. The van der Waals surface area contributed by atoms with E-state index in [-0.39, 0.29) is 0 Å². The molecule has 0 aromatic heterocycles. The smallest absolute Gasteiger partial charge is 0.319 e. The van der Waals surface area contributed by atoms with Gasteiger partial charge in [-0.15, -0.1) is 0 Å². The van der Waals surface area contributed by atoms with E-state index >= 15 is 0 Å². The van der Waals surface area contributed by atoms with E-state index in [9.17, 15) is 83.4 Å². The van der Waals surface area contributed by atoms with Gasteiger partial charge in [-0.25, -0.2) is 17.6 Å².